The molecule has 2 heterocycles. The fraction of sp³-hybridized carbons (Fsp3) is 0.318. The van der Waals surface area contributed by atoms with Crippen LogP contribution in [0.3, 0.4) is 0 Å². The van der Waals surface area contributed by atoms with Crippen LogP contribution in [0, 0.1) is 5.92 Å². The number of benzene rings is 2. The minimum absolute atomic E-state index is 0.00612. The molecular formula is C22H22N2O5. The number of Topliss-reactive ketones (excluding diaryl/α,β-unsaturated/α-hetero) is 2. The van der Waals surface area contributed by atoms with Crippen LogP contribution in [-0.4, -0.2) is 42.4 Å². The Morgan fingerprint density at radius 3 is 2.48 bits per heavy atom. The third kappa shape index (κ3) is 4.08. The number of amides is 2. The fourth-order valence-electron chi connectivity index (χ4n) is 3.65. The number of ether oxygens (including phenoxy) is 2. The summed E-state index contributed by atoms with van der Waals surface area (Å²) in [6.45, 7) is 2.63. The number of anilines is 1. The van der Waals surface area contributed by atoms with Gasteiger partial charge in [0.1, 0.15) is 0 Å². The molecule has 0 aromatic heterocycles. The number of hydrogen-bond acceptors (Lipinski definition) is 5. The van der Waals surface area contributed by atoms with Gasteiger partial charge in [-0.2, -0.15) is 0 Å². The maximum Gasteiger partial charge on any atom is 0.321 e. The normalized spacial score (nSPS) is 17.7. The first-order valence-electron chi connectivity index (χ1n) is 9.62. The summed E-state index contributed by atoms with van der Waals surface area (Å²) in [6, 6.07) is 11.7. The molecule has 1 saturated heterocycles. The summed E-state index contributed by atoms with van der Waals surface area (Å²) in [6.07, 6.45) is 1.50. The fourth-order valence-corrected chi connectivity index (χ4v) is 3.65. The number of nitrogens with zero attached hydrogens (tertiary/aromatic N) is 1. The number of piperidine rings is 1. The topological polar surface area (TPSA) is 84.9 Å². The smallest absolute Gasteiger partial charge is 0.321 e. The van der Waals surface area contributed by atoms with Crippen molar-refractivity contribution in [3.05, 3.63) is 53.6 Å². The summed E-state index contributed by atoms with van der Waals surface area (Å²) in [5, 5.41) is 2.84. The highest BCUT2D eigenvalue weighted by molar-refractivity contribution is 5.99. The van der Waals surface area contributed by atoms with Gasteiger partial charge in [0.25, 0.3) is 0 Å². The molecule has 2 amide bonds. The zero-order chi connectivity index (χ0) is 20.4. The first kappa shape index (κ1) is 19.0. The molecule has 4 rings (SSSR count). The number of urea groups is 1. The van der Waals surface area contributed by atoms with Gasteiger partial charge in [-0.15, -0.1) is 0 Å². The Bertz CT molecular complexity index is 954. The second-order valence-corrected chi connectivity index (χ2v) is 7.28. The van der Waals surface area contributed by atoms with Gasteiger partial charge in [0.05, 0.1) is 0 Å². The van der Waals surface area contributed by atoms with E-state index >= 15 is 0 Å². The molecule has 0 saturated carbocycles. The molecule has 1 N–H and O–H groups in total. The van der Waals surface area contributed by atoms with Crippen molar-refractivity contribution in [2.45, 2.75) is 19.8 Å². The van der Waals surface area contributed by atoms with Crippen molar-refractivity contribution < 1.29 is 23.9 Å². The standard InChI is InChI=1S/C22H22N2O5/c1-14(25)15-4-7-18(8-5-15)23-22(27)24-10-2-3-17(12-24)21(26)16-6-9-19-20(11-16)29-13-28-19/h4-9,11,17H,2-3,10,12-13H2,1H3,(H,23,27)/t17-/m1/s1. The zero-order valence-corrected chi connectivity index (χ0v) is 16.1. The van der Waals surface area contributed by atoms with Crippen molar-refractivity contribution in [2.24, 2.45) is 5.92 Å². The van der Waals surface area contributed by atoms with Gasteiger partial charge in [0.2, 0.25) is 6.79 Å². The Hall–Kier alpha value is -3.35. The number of carbonyl (C=O) groups is 3. The lowest BCUT2D eigenvalue weighted by molar-refractivity contribution is 0.0850. The lowest BCUT2D eigenvalue weighted by Gasteiger charge is -2.32. The predicted octanol–water partition coefficient (Wildman–Crippen LogP) is 3.74. The predicted molar refractivity (Wildman–Crippen MR) is 107 cm³/mol. The number of rotatable bonds is 4. The van der Waals surface area contributed by atoms with Crippen LogP contribution in [0.25, 0.3) is 0 Å². The van der Waals surface area contributed by atoms with Gasteiger partial charge in [-0.05, 0) is 62.2 Å². The summed E-state index contributed by atoms with van der Waals surface area (Å²) in [5.41, 5.74) is 1.78. The molecule has 0 aliphatic carbocycles. The molecule has 1 fully saturated rings. The molecule has 7 heteroatoms. The zero-order valence-electron chi connectivity index (χ0n) is 16.1. The monoisotopic (exact) mass is 394 g/mol. The van der Waals surface area contributed by atoms with E-state index in [0.717, 1.165) is 12.8 Å². The minimum Gasteiger partial charge on any atom is -0.454 e. The minimum atomic E-state index is -0.255. The lowest BCUT2D eigenvalue weighted by atomic mass is 9.90. The average Bonchev–Trinajstić information content (AvgIpc) is 3.21. The number of ketones is 2. The average molecular weight is 394 g/mol. The van der Waals surface area contributed by atoms with Gasteiger partial charge in [-0.3, -0.25) is 9.59 Å². The highest BCUT2D eigenvalue weighted by Crippen LogP contribution is 2.34. The Morgan fingerprint density at radius 2 is 1.72 bits per heavy atom. The first-order valence-corrected chi connectivity index (χ1v) is 9.62. The highest BCUT2D eigenvalue weighted by Gasteiger charge is 2.30. The Labute approximate surface area is 168 Å². The van der Waals surface area contributed by atoms with E-state index in [1.807, 2.05) is 0 Å². The number of nitrogens with one attached hydrogen (secondary N) is 1. The quantitative estimate of drug-likeness (QED) is 0.799. The highest BCUT2D eigenvalue weighted by atomic mass is 16.7. The molecule has 2 aliphatic heterocycles. The molecule has 150 valence electrons. The Balaban J connectivity index is 1.40. The second-order valence-electron chi connectivity index (χ2n) is 7.28. The number of hydrogen-bond donors (Lipinski definition) is 1. The largest absolute Gasteiger partial charge is 0.454 e. The summed E-state index contributed by atoms with van der Waals surface area (Å²) in [7, 11) is 0. The first-order chi connectivity index (χ1) is 14.0. The van der Waals surface area contributed by atoms with E-state index in [0.29, 0.717) is 41.4 Å². The van der Waals surface area contributed by atoms with Crippen molar-refractivity contribution in [3.8, 4) is 11.5 Å². The molecule has 0 spiro atoms. The van der Waals surface area contributed by atoms with Crippen molar-refractivity contribution in [1.82, 2.24) is 4.90 Å². The van der Waals surface area contributed by atoms with E-state index < -0.39 is 0 Å². The van der Waals surface area contributed by atoms with Crippen LogP contribution in [0.1, 0.15) is 40.5 Å². The van der Waals surface area contributed by atoms with Gasteiger partial charge in [0, 0.05) is 35.8 Å². The van der Waals surface area contributed by atoms with Crippen LogP contribution >= 0.6 is 0 Å². The lowest BCUT2D eigenvalue weighted by Crippen LogP contribution is -2.44. The molecule has 0 unspecified atom stereocenters. The van der Waals surface area contributed by atoms with Gasteiger partial charge in [0.15, 0.2) is 23.1 Å². The van der Waals surface area contributed by atoms with Crippen LogP contribution in [0.2, 0.25) is 0 Å². The molecular weight excluding hydrogens is 372 g/mol. The molecule has 2 aliphatic rings. The summed E-state index contributed by atoms with van der Waals surface area (Å²) >= 11 is 0. The molecule has 7 nitrogen and oxygen atoms in total. The van der Waals surface area contributed by atoms with E-state index in [4.69, 9.17) is 9.47 Å². The maximum atomic E-state index is 12.9. The maximum absolute atomic E-state index is 12.9. The van der Waals surface area contributed by atoms with E-state index in [1.54, 1.807) is 47.4 Å². The van der Waals surface area contributed by atoms with Gasteiger partial charge < -0.3 is 19.7 Å². The summed E-state index contributed by atoms with van der Waals surface area (Å²) in [4.78, 5) is 38.6. The number of carbonyl (C=O) groups excluding carboxylic acids is 3. The van der Waals surface area contributed by atoms with E-state index in [-0.39, 0.29) is 30.3 Å². The van der Waals surface area contributed by atoms with Gasteiger partial charge in [-0.1, -0.05) is 0 Å². The van der Waals surface area contributed by atoms with Gasteiger partial charge >= 0.3 is 6.03 Å². The van der Waals surface area contributed by atoms with Crippen molar-refractivity contribution in [1.29, 1.82) is 0 Å². The summed E-state index contributed by atoms with van der Waals surface area (Å²) < 4.78 is 10.6. The van der Waals surface area contributed by atoms with Crippen molar-refractivity contribution >= 4 is 23.3 Å². The van der Waals surface area contributed by atoms with Crippen molar-refractivity contribution in [3.63, 3.8) is 0 Å². The molecule has 1 atom stereocenters. The molecule has 2 aromatic carbocycles. The Kier molecular flexibility index (Phi) is 5.20. The van der Waals surface area contributed by atoms with E-state index in [1.165, 1.54) is 6.92 Å². The van der Waals surface area contributed by atoms with Gasteiger partial charge in [-0.25, -0.2) is 4.79 Å². The molecule has 0 radical (unpaired) electrons. The summed E-state index contributed by atoms with van der Waals surface area (Å²) in [5.74, 6) is 0.947. The van der Waals surface area contributed by atoms with Crippen LogP contribution in [0.4, 0.5) is 10.5 Å². The second kappa shape index (κ2) is 7.95. The number of likely N-dealkylation sites (tertiary alicyclic amines) is 1. The van der Waals surface area contributed by atoms with Crippen LogP contribution < -0.4 is 14.8 Å². The number of fused-ring (bicyclic) bond motifs is 1. The van der Waals surface area contributed by atoms with E-state index in [9.17, 15) is 14.4 Å². The van der Waals surface area contributed by atoms with Crippen molar-refractivity contribution in [2.75, 3.05) is 25.2 Å². The Morgan fingerprint density at radius 1 is 1.00 bits per heavy atom. The third-order valence-electron chi connectivity index (χ3n) is 5.28. The third-order valence-corrected chi connectivity index (χ3v) is 5.28. The SMILES string of the molecule is CC(=O)c1ccc(NC(=O)N2CCC[C@@H](C(=O)c3ccc4c(c3)OCO4)C2)cc1. The van der Waals surface area contributed by atoms with E-state index in [2.05, 4.69) is 5.32 Å². The molecule has 29 heavy (non-hydrogen) atoms. The van der Waals surface area contributed by atoms with Crippen LogP contribution in [0.5, 0.6) is 11.5 Å². The molecule has 2 aromatic rings. The van der Waals surface area contributed by atoms with Crippen LogP contribution in [-0.2, 0) is 0 Å². The molecule has 0 bridgehead atoms. The van der Waals surface area contributed by atoms with Crippen LogP contribution in [0.15, 0.2) is 42.5 Å².